The van der Waals surface area contributed by atoms with Crippen LogP contribution in [0.5, 0.6) is 0 Å². The molecule has 1 aliphatic heterocycles. The van der Waals surface area contributed by atoms with Crippen LogP contribution in [0.2, 0.25) is 0 Å². The van der Waals surface area contributed by atoms with E-state index in [9.17, 15) is 13.2 Å². The first-order chi connectivity index (χ1) is 7.97. The van der Waals surface area contributed by atoms with E-state index in [1.807, 2.05) is 4.90 Å². The van der Waals surface area contributed by atoms with Crippen LogP contribution in [0.15, 0.2) is 12.4 Å². The average molecular weight is 245 g/mol. The van der Waals surface area contributed by atoms with Crippen LogP contribution in [0.3, 0.4) is 0 Å². The molecule has 2 heterocycles. The van der Waals surface area contributed by atoms with Crippen LogP contribution in [0.25, 0.3) is 0 Å². The van der Waals surface area contributed by atoms with Gasteiger partial charge in [0.15, 0.2) is 0 Å². The van der Waals surface area contributed by atoms with Gasteiger partial charge in [-0.05, 0) is 18.8 Å². The van der Waals surface area contributed by atoms with E-state index < -0.39 is 11.7 Å². The van der Waals surface area contributed by atoms with Gasteiger partial charge in [0, 0.05) is 25.5 Å². The summed E-state index contributed by atoms with van der Waals surface area (Å²) < 4.78 is 37.0. The summed E-state index contributed by atoms with van der Waals surface area (Å²) in [6.45, 7) is 3.75. The molecule has 94 valence electrons. The van der Waals surface area contributed by atoms with Gasteiger partial charge in [-0.25, -0.2) is 9.97 Å². The van der Waals surface area contributed by atoms with E-state index in [1.54, 1.807) is 0 Å². The van der Waals surface area contributed by atoms with Crippen molar-refractivity contribution in [2.24, 2.45) is 5.92 Å². The van der Waals surface area contributed by atoms with Crippen LogP contribution in [0, 0.1) is 5.92 Å². The number of rotatable bonds is 1. The van der Waals surface area contributed by atoms with Crippen molar-refractivity contribution >= 4 is 5.95 Å². The second kappa shape index (κ2) is 4.50. The summed E-state index contributed by atoms with van der Waals surface area (Å²) in [4.78, 5) is 9.53. The summed E-state index contributed by atoms with van der Waals surface area (Å²) >= 11 is 0. The van der Waals surface area contributed by atoms with Crippen LogP contribution in [-0.2, 0) is 6.18 Å². The van der Waals surface area contributed by atoms with Gasteiger partial charge in [-0.2, -0.15) is 13.2 Å². The molecule has 17 heavy (non-hydrogen) atoms. The number of piperidine rings is 1. The van der Waals surface area contributed by atoms with Gasteiger partial charge in [-0.15, -0.1) is 0 Å². The lowest BCUT2D eigenvalue weighted by atomic mass is 10.0. The molecule has 0 aliphatic carbocycles. The summed E-state index contributed by atoms with van der Waals surface area (Å²) in [5.74, 6) is 0.930. The fraction of sp³-hybridized carbons (Fsp3) is 0.636. The maximum atomic E-state index is 12.3. The Kier molecular flexibility index (Phi) is 3.22. The third-order valence-electron chi connectivity index (χ3n) is 2.91. The van der Waals surface area contributed by atoms with Crippen molar-refractivity contribution < 1.29 is 13.2 Å². The summed E-state index contributed by atoms with van der Waals surface area (Å²) in [6.07, 6.45) is -0.486. The first kappa shape index (κ1) is 12.1. The normalized spacial score (nSPS) is 21.6. The van der Waals surface area contributed by atoms with Gasteiger partial charge in [0.05, 0.1) is 5.56 Å². The SMILES string of the molecule is CC1CCCN(c2ncc(C(F)(F)F)cn2)C1. The highest BCUT2D eigenvalue weighted by molar-refractivity contribution is 5.31. The molecule has 0 aromatic carbocycles. The van der Waals surface area contributed by atoms with Crippen molar-refractivity contribution in [3.63, 3.8) is 0 Å². The first-order valence-corrected chi connectivity index (χ1v) is 5.61. The molecule has 1 fully saturated rings. The molecule has 3 nitrogen and oxygen atoms in total. The van der Waals surface area contributed by atoms with Gasteiger partial charge in [-0.3, -0.25) is 0 Å². The number of alkyl halides is 3. The number of halogens is 3. The molecule has 6 heteroatoms. The summed E-state index contributed by atoms with van der Waals surface area (Å²) in [5, 5.41) is 0. The molecule has 0 bridgehead atoms. The average Bonchev–Trinajstić information content (AvgIpc) is 2.28. The molecule has 0 radical (unpaired) electrons. The second-order valence-electron chi connectivity index (χ2n) is 4.46. The third kappa shape index (κ3) is 2.87. The first-order valence-electron chi connectivity index (χ1n) is 5.61. The topological polar surface area (TPSA) is 29.0 Å². The minimum atomic E-state index is -4.37. The highest BCUT2D eigenvalue weighted by Crippen LogP contribution is 2.28. The van der Waals surface area contributed by atoms with Crippen LogP contribution in [-0.4, -0.2) is 23.1 Å². The monoisotopic (exact) mass is 245 g/mol. The molecule has 2 rings (SSSR count). The quantitative estimate of drug-likeness (QED) is 0.761. The Bertz CT molecular complexity index is 375. The van der Waals surface area contributed by atoms with E-state index in [0.29, 0.717) is 11.9 Å². The van der Waals surface area contributed by atoms with Crippen molar-refractivity contribution in [3.05, 3.63) is 18.0 Å². The van der Waals surface area contributed by atoms with Crippen molar-refractivity contribution in [1.29, 1.82) is 0 Å². The van der Waals surface area contributed by atoms with E-state index >= 15 is 0 Å². The minimum absolute atomic E-state index is 0.393. The molecule has 1 aliphatic rings. The number of anilines is 1. The van der Waals surface area contributed by atoms with Gasteiger partial charge >= 0.3 is 6.18 Å². The summed E-state index contributed by atoms with van der Waals surface area (Å²) in [7, 11) is 0. The number of aromatic nitrogens is 2. The van der Waals surface area contributed by atoms with Crippen molar-refractivity contribution in [2.45, 2.75) is 25.9 Å². The molecule has 1 saturated heterocycles. The zero-order chi connectivity index (χ0) is 12.5. The lowest BCUT2D eigenvalue weighted by Gasteiger charge is -2.30. The molecule has 0 amide bonds. The predicted octanol–water partition coefficient (Wildman–Crippen LogP) is 2.73. The predicted molar refractivity (Wildman–Crippen MR) is 57.6 cm³/mol. The summed E-state index contributed by atoms with van der Waals surface area (Å²) in [5.41, 5.74) is -0.800. The Hall–Kier alpha value is -1.33. The minimum Gasteiger partial charge on any atom is -0.341 e. The second-order valence-corrected chi connectivity index (χ2v) is 4.46. The van der Waals surface area contributed by atoms with Crippen LogP contribution < -0.4 is 4.90 Å². The Morgan fingerprint density at radius 3 is 2.47 bits per heavy atom. The van der Waals surface area contributed by atoms with Crippen LogP contribution in [0.1, 0.15) is 25.3 Å². The Balaban J connectivity index is 2.12. The van der Waals surface area contributed by atoms with Gasteiger partial charge in [0.2, 0.25) is 5.95 Å². The molecular weight excluding hydrogens is 231 g/mol. The van der Waals surface area contributed by atoms with Crippen LogP contribution in [0.4, 0.5) is 19.1 Å². The van der Waals surface area contributed by atoms with Crippen molar-refractivity contribution in [2.75, 3.05) is 18.0 Å². The molecule has 1 aromatic rings. The zero-order valence-electron chi connectivity index (χ0n) is 9.54. The number of hydrogen-bond acceptors (Lipinski definition) is 3. The lowest BCUT2D eigenvalue weighted by molar-refractivity contribution is -0.138. The Morgan fingerprint density at radius 2 is 1.94 bits per heavy atom. The highest BCUT2D eigenvalue weighted by Gasteiger charge is 2.31. The fourth-order valence-electron chi connectivity index (χ4n) is 2.00. The Labute approximate surface area is 97.7 Å². The zero-order valence-corrected chi connectivity index (χ0v) is 9.54. The third-order valence-corrected chi connectivity index (χ3v) is 2.91. The molecule has 0 saturated carbocycles. The summed E-state index contributed by atoms with van der Waals surface area (Å²) in [6, 6.07) is 0. The molecule has 1 unspecified atom stereocenters. The van der Waals surface area contributed by atoms with E-state index in [-0.39, 0.29) is 0 Å². The van der Waals surface area contributed by atoms with Gasteiger partial charge in [-0.1, -0.05) is 6.92 Å². The molecule has 0 N–H and O–H groups in total. The van der Waals surface area contributed by atoms with Crippen molar-refractivity contribution in [3.8, 4) is 0 Å². The van der Waals surface area contributed by atoms with E-state index in [1.165, 1.54) is 0 Å². The van der Waals surface area contributed by atoms with E-state index in [2.05, 4.69) is 16.9 Å². The number of nitrogens with zero attached hydrogens (tertiary/aromatic N) is 3. The maximum Gasteiger partial charge on any atom is 0.419 e. The molecule has 1 aromatic heterocycles. The lowest BCUT2D eigenvalue weighted by Crippen LogP contribution is -2.35. The van der Waals surface area contributed by atoms with Crippen molar-refractivity contribution in [1.82, 2.24) is 9.97 Å². The molecule has 1 atom stereocenters. The Morgan fingerprint density at radius 1 is 1.29 bits per heavy atom. The molecular formula is C11H14F3N3. The van der Waals surface area contributed by atoms with Gasteiger partial charge < -0.3 is 4.90 Å². The largest absolute Gasteiger partial charge is 0.419 e. The van der Waals surface area contributed by atoms with E-state index in [0.717, 1.165) is 38.3 Å². The van der Waals surface area contributed by atoms with E-state index in [4.69, 9.17) is 0 Å². The highest BCUT2D eigenvalue weighted by atomic mass is 19.4. The standard InChI is InChI=1S/C11H14F3N3/c1-8-3-2-4-17(7-8)10-15-5-9(6-16-10)11(12,13)14/h5-6,8H,2-4,7H2,1H3. The molecule has 0 spiro atoms. The fourth-order valence-corrected chi connectivity index (χ4v) is 2.00. The smallest absolute Gasteiger partial charge is 0.341 e. The van der Waals surface area contributed by atoms with Crippen LogP contribution >= 0.6 is 0 Å². The van der Waals surface area contributed by atoms with Gasteiger partial charge in [0.25, 0.3) is 0 Å². The number of hydrogen-bond donors (Lipinski definition) is 0. The van der Waals surface area contributed by atoms with Gasteiger partial charge in [0.1, 0.15) is 0 Å². The maximum absolute atomic E-state index is 12.3.